The molecule has 0 aliphatic carbocycles. The van der Waals surface area contributed by atoms with Gasteiger partial charge in [-0.2, -0.15) is 5.01 Å². The lowest BCUT2D eigenvalue weighted by atomic mass is 10.2. The van der Waals surface area contributed by atoms with Gasteiger partial charge < -0.3 is 10.2 Å². The molecule has 2 rings (SSSR count). The number of carbonyl (C=O) groups excluding carboxylic acids is 1. The molecule has 7 heteroatoms. The number of amides is 1. The third-order valence-corrected chi connectivity index (χ3v) is 3.05. The molecule has 0 saturated carbocycles. The van der Waals surface area contributed by atoms with Crippen LogP contribution in [0.25, 0.3) is 0 Å². The quantitative estimate of drug-likeness (QED) is 0.644. The highest BCUT2D eigenvalue weighted by Crippen LogP contribution is 2.13. The number of thiocarbonyl (C=S) groups is 2. The Morgan fingerprint density at radius 2 is 2.27 bits per heavy atom. The van der Waals surface area contributed by atoms with Gasteiger partial charge in [-0.1, -0.05) is 6.92 Å². The zero-order valence-corrected chi connectivity index (χ0v) is 9.95. The number of fused-ring (bicyclic) bond motifs is 2. The van der Waals surface area contributed by atoms with Gasteiger partial charge in [-0.15, -0.1) is 0 Å². The Labute approximate surface area is 98.8 Å². The SMILES string of the molecule is CCCN1CC2NC(=S)NN(C2=O)C1=S. The van der Waals surface area contributed by atoms with Gasteiger partial charge >= 0.3 is 0 Å². The van der Waals surface area contributed by atoms with Gasteiger partial charge in [0.05, 0.1) is 0 Å². The minimum atomic E-state index is -0.267. The van der Waals surface area contributed by atoms with E-state index in [-0.39, 0.29) is 11.9 Å². The van der Waals surface area contributed by atoms with Crippen molar-refractivity contribution in [3.05, 3.63) is 0 Å². The first kappa shape index (κ1) is 10.6. The van der Waals surface area contributed by atoms with Gasteiger partial charge in [0.1, 0.15) is 6.04 Å². The summed E-state index contributed by atoms with van der Waals surface area (Å²) in [6.07, 6.45) is 0.999. The van der Waals surface area contributed by atoms with Crippen LogP contribution >= 0.6 is 24.4 Å². The fourth-order valence-corrected chi connectivity index (χ4v) is 2.26. The predicted molar refractivity (Wildman–Crippen MR) is 64.0 cm³/mol. The van der Waals surface area contributed by atoms with Crippen LogP contribution in [-0.2, 0) is 4.79 Å². The van der Waals surface area contributed by atoms with Gasteiger partial charge in [-0.05, 0) is 30.9 Å². The smallest absolute Gasteiger partial charge is 0.272 e. The summed E-state index contributed by atoms with van der Waals surface area (Å²) in [4.78, 5) is 13.7. The zero-order chi connectivity index (χ0) is 11.0. The summed E-state index contributed by atoms with van der Waals surface area (Å²) < 4.78 is 0. The van der Waals surface area contributed by atoms with E-state index in [0.29, 0.717) is 16.8 Å². The van der Waals surface area contributed by atoms with Crippen LogP contribution in [0.1, 0.15) is 13.3 Å². The molecule has 1 unspecified atom stereocenters. The molecular weight excluding hydrogens is 232 g/mol. The second kappa shape index (κ2) is 3.90. The van der Waals surface area contributed by atoms with Crippen LogP contribution in [0.2, 0.25) is 0 Å². The summed E-state index contributed by atoms with van der Waals surface area (Å²) >= 11 is 10.2. The van der Waals surface area contributed by atoms with E-state index in [1.165, 1.54) is 5.01 Å². The normalized spacial score (nSPS) is 25.1. The molecule has 82 valence electrons. The van der Waals surface area contributed by atoms with Crippen molar-refractivity contribution in [3.8, 4) is 0 Å². The van der Waals surface area contributed by atoms with Gasteiger partial charge in [0.2, 0.25) is 0 Å². The first-order valence-corrected chi connectivity index (χ1v) is 5.65. The Morgan fingerprint density at radius 3 is 2.93 bits per heavy atom. The molecule has 0 radical (unpaired) electrons. The first-order chi connectivity index (χ1) is 7.13. The fraction of sp³-hybridized carbons (Fsp3) is 0.625. The van der Waals surface area contributed by atoms with E-state index in [9.17, 15) is 4.79 Å². The maximum atomic E-state index is 11.7. The van der Waals surface area contributed by atoms with E-state index in [0.717, 1.165) is 13.0 Å². The van der Waals surface area contributed by atoms with Crippen LogP contribution in [0, 0.1) is 0 Å². The Kier molecular flexibility index (Phi) is 2.74. The van der Waals surface area contributed by atoms with Crippen LogP contribution in [0.3, 0.4) is 0 Å². The summed E-state index contributed by atoms with van der Waals surface area (Å²) in [6, 6.07) is -0.267. The highest BCUT2D eigenvalue weighted by atomic mass is 32.1. The van der Waals surface area contributed by atoms with E-state index in [4.69, 9.17) is 24.4 Å². The number of hydrogen-bond donors (Lipinski definition) is 2. The Hall–Kier alpha value is -0.950. The number of rotatable bonds is 2. The van der Waals surface area contributed by atoms with E-state index in [1.54, 1.807) is 0 Å². The van der Waals surface area contributed by atoms with Crippen molar-refractivity contribution in [1.29, 1.82) is 0 Å². The minimum absolute atomic E-state index is 0.0547. The van der Waals surface area contributed by atoms with Crippen molar-refractivity contribution < 1.29 is 4.79 Å². The van der Waals surface area contributed by atoms with Crippen LogP contribution < -0.4 is 10.7 Å². The molecule has 2 aliphatic heterocycles. The van der Waals surface area contributed by atoms with E-state index in [1.807, 2.05) is 4.90 Å². The fourth-order valence-electron chi connectivity index (χ4n) is 1.73. The second-order valence-corrected chi connectivity index (χ2v) is 4.31. The Morgan fingerprint density at radius 1 is 1.53 bits per heavy atom. The number of nitrogens with zero attached hydrogens (tertiary/aromatic N) is 2. The molecule has 15 heavy (non-hydrogen) atoms. The lowest BCUT2D eigenvalue weighted by molar-refractivity contribution is -0.134. The number of nitrogens with one attached hydrogen (secondary N) is 2. The molecule has 0 spiro atoms. The molecule has 5 nitrogen and oxygen atoms in total. The third-order valence-electron chi connectivity index (χ3n) is 2.40. The van der Waals surface area contributed by atoms with Crippen molar-refractivity contribution in [2.45, 2.75) is 19.4 Å². The Balaban J connectivity index is 2.19. The topological polar surface area (TPSA) is 47.6 Å². The second-order valence-electron chi connectivity index (χ2n) is 3.54. The largest absolute Gasteiger partial charge is 0.348 e. The lowest BCUT2D eigenvalue weighted by Gasteiger charge is -2.44. The highest BCUT2D eigenvalue weighted by Gasteiger charge is 2.40. The lowest BCUT2D eigenvalue weighted by Crippen LogP contribution is -2.73. The van der Waals surface area contributed by atoms with Crippen LogP contribution in [0.4, 0.5) is 0 Å². The molecule has 2 heterocycles. The van der Waals surface area contributed by atoms with Crippen LogP contribution in [0.5, 0.6) is 0 Å². The molecular formula is C8H12N4OS2. The van der Waals surface area contributed by atoms with Crippen molar-refractivity contribution in [2.24, 2.45) is 0 Å². The van der Waals surface area contributed by atoms with Gasteiger partial charge in [0, 0.05) is 13.1 Å². The summed E-state index contributed by atoms with van der Waals surface area (Å²) in [6.45, 7) is 3.54. The van der Waals surface area contributed by atoms with E-state index >= 15 is 0 Å². The van der Waals surface area contributed by atoms with Gasteiger partial charge in [-0.25, -0.2) is 0 Å². The maximum Gasteiger partial charge on any atom is 0.272 e. The monoisotopic (exact) mass is 244 g/mol. The average molecular weight is 244 g/mol. The molecule has 0 aromatic heterocycles. The van der Waals surface area contributed by atoms with Crippen LogP contribution in [0.15, 0.2) is 0 Å². The summed E-state index contributed by atoms with van der Waals surface area (Å²) in [7, 11) is 0. The standard InChI is InChI=1S/C8H12N4OS2/c1-2-3-11-4-5-6(13)12(8(11)15)10-7(14)9-5/h5H,2-4H2,1H3,(H2,9,10,14). The van der Waals surface area contributed by atoms with Crippen molar-refractivity contribution >= 4 is 40.6 Å². The highest BCUT2D eigenvalue weighted by molar-refractivity contribution is 7.80. The van der Waals surface area contributed by atoms with E-state index in [2.05, 4.69) is 17.7 Å². The Bertz CT molecular complexity index is 333. The zero-order valence-electron chi connectivity index (χ0n) is 8.32. The molecule has 1 amide bonds. The molecule has 2 N–H and O–H groups in total. The molecule has 1 atom stereocenters. The number of hydrazine groups is 1. The van der Waals surface area contributed by atoms with Crippen LogP contribution in [-0.4, -0.2) is 45.2 Å². The summed E-state index contributed by atoms with van der Waals surface area (Å²) in [5.41, 5.74) is 2.76. The number of hydrogen-bond acceptors (Lipinski definition) is 3. The number of carbonyl (C=O) groups is 1. The van der Waals surface area contributed by atoms with Crippen molar-refractivity contribution in [1.82, 2.24) is 20.7 Å². The van der Waals surface area contributed by atoms with Gasteiger partial charge in [0.15, 0.2) is 10.2 Å². The summed E-state index contributed by atoms with van der Waals surface area (Å²) in [5, 5.41) is 5.27. The summed E-state index contributed by atoms with van der Waals surface area (Å²) in [5.74, 6) is -0.0547. The average Bonchev–Trinajstić information content (AvgIpc) is 2.18. The minimum Gasteiger partial charge on any atom is -0.348 e. The van der Waals surface area contributed by atoms with Crippen molar-refractivity contribution in [3.63, 3.8) is 0 Å². The third kappa shape index (κ3) is 1.76. The molecule has 2 saturated heterocycles. The first-order valence-electron chi connectivity index (χ1n) is 4.83. The molecule has 0 aromatic rings. The van der Waals surface area contributed by atoms with E-state index < -0.39 is 0 Å². The molecule has 2 bridgehead atoms. The molecule has 2 fully saturated rings. The molecule has 0 aromatic carbocycles. The van der Waals surface area contributed by atoms with Crippen molar-refractivity contribution in [2.75, 3.05) is 13.1 Å². The predicted octanol–water partition coefficient (Wildman–Crippen LogP) is -0.413. The van der Waals surface area contributed by atoms with Gasteiger partial charge in [-0.3, -0.25) is 10.2 Å². The maximum absolute atomic E-state index is 11.7. The molecule has 2 aliphatic rings. The van der Waals surface area contributed by atoms with Gasteiger partial charge in [0.25, 0.3) is 5.91 Å².